The van der Waals surface area contributed by atoms with E-state index in [1.54, 1.807) is 0 Å². The summed E-state index contributed by atoms with van der Waals surface area (Å²) < 4.78 is 0. The zero-order chi connectivity index (χ0) is 13.1. The van der Waals surface area contributed by atoms with Crippen molar-refractivity contribution in [2.24, 2.45) is 0 Å². The molecule has 0 aromatic carbocycles. The first-order valence-corrected chi connectivity index (χ1v) is 5.43. The molecule has 7 heteroatoms. The minimum atomic E-state index is -1.00. The normalized spacial score (nSPS) is 15.3. The van der Waals surface area contributed by atoms with Gasteiger partial charge in [0.25, 0.3) is 0 Å². The van der Waals surface area contributed by atoms with E-state index in [0.29, 0.717) is 24.5 Å². The maximum Gasteiger partial charge on any atom is 0.328 e. The molecule has 2 N–H and O–H groups in total. The second kappa shape index (κ2) is 6.31. The molecule has 0 fully saturated rings. The highest BCUT2D eigenvalue weighted by Gasteiger charge is 2.17. The van der Waals surface area contributed by atoms with Gasteiger partial charge in [-0.2, -0.15) is 0 Å². The largest absolute Gasteiger partial charge is 0.478 e. The fourth-order valence-corrected chi connectivity index (χ4v) is 1.78. The van der Waals surface area contributed by atoms with E-state index in [4.69, 9.17) is 5.11 Å². The number of pyridine rings is 1. The molecular formula is C12H14ClN3O3. The Kier molecular flexibility index (Phi) is 5.02. The Balaban J connectivity index is 0.00000180. The lowest BCUT2D eigenvalue weighted by molar-refractivity contribution is -0.131. The van der Waals surface area contributed by atoms with Gasteiger partial charge in [-0.1, -0.05) is 0 Å². The molecule has 0 atom stereocenters. The van der Waals surface area contributed by atoms with Crippen LogP contribution in [0.5, 0.6) is 0 Å². The third-order valence-corrected chi connectivity index (χ3v) is 2.52. The van der Waals surface area contributed by atoms with E-state index in [2.05, 4.69) is 10.3 Å². The van der Waals surface area contributed by atoms with Crippen molar-refractivity contribution < 1.29 is 14.7 Å². The fourth-order valence-electron chi connectivity index (χ4n) is 1.78. The molecular weight excluding hydrogens is 270 g/mol. The van der Waals surface area contributed by atoms with Crippen LogP contribution in [0.1, 0.15) is 11.1 Å². The number of halogens is 1. The lowest BCUT2D eigenvalue weighted by Gasteiger charge is -2.11. The lowest BCUT2D eigenvalue weighted by Crippen LogP contribution is -2.26. The number of rotatable bonds is 2. The number of anilines is 1. The summed E-state index contributed by atoms with van der Waals surface area (Å²) in [4.78, 5) is 27.9. The lowest BCUT2D eigenvalue weighted by atomic mass is 10.1. The number of amides is 1. The number of aromatic nitrogens is 1. The Bertz CT molecular complexity index is 531. The summed E-state index contributed by atoms with van der Waals surface area (Å²) in [6, 6.07) is 1.82. The molecule has 19 heavy (non-hydrogen) atoms. The summed E-state index contributed by atoms with van der Waals surface area (Å²) in [5.74, 6) is -0.565. The Labute approximate surface area is 116 Å². The van der Waals surface area contributed by atoms with Crippen molar-refractivity contribution in [1.82, 2.24) is 9.88 Å². The number of carboxylic acid groups (broad SMARTS) is 1. The number of carbonyl (C=O) groups excluding carboxylic acids is 1. The van der Waals surface area contributed by atoms with Gasteiger partial charge in [-0.05, 0) is 24.8 Å². The molecule has 1 aliphatic rings. The maximum absolute atomic E-state index is 11.5. The van der Waals surface area contributed by atoms with Gasteiger partial charge in [0.15, 0.2) is 0 Å². The SMILES string of the molecule is CN1CC(=O)Nc2ncc(C=CC(=O)O)cc2C1.Cl. The van der Waals surface area contributed by atoms with E-state index in [0.717, 1.165) is 11.6 Å². The number of nitrogens with one attached hydrogen (secondary N) is 1. The zero-order valence-corrected chi connectivity index (χ0v) is 11.1. The molecule has 0 aliphatic carbocycles. The topological polar surface area (TPSA) is 82.5 Å². The van der Waals surface area contributed by atoms with Crippen molar-refractivity contribution in [3.63, 3.8) is 0 Å². The molecule has 6 nitrogen and oxygen atoms in total. The molecule has 1 aliphatic heterocycles. The van der Waals surface area contributed by atoms with Gasteiger partial charge < -0.3 is 10.4 Å². The van der Waals surface area contributed by atoms with Crippen LogP contribution >= 0.6 is 12.4 Å². The Morgan fingerprint density at radius 2 is 2.26 bits per heavy atom. The standard InChI is InChI=1S/C12H13N3O3.ClH/c1-15-6-9-4-8(2-3-11(17)18)5-13-12(9)14-10(16)7-15;/h2-5H,6-7H2,1H3,(H,17,18)(H,13,14,16);1H. The van der Waals surface area contributed by atoms with Crippen molar-refractivity contribution in [1.29, 1.82) is 0 Å². The molecule has 2 heterocycles. The van der Waals surface area contributed by atoms with Crippen LogP contribution in [-0.4, -0.2) is 40.5 Å². The number of hydrogen-bond acceptors (Lipinski definition) is 4. The number of nitrogens with zero attached hydrogens (tertiary/aromatic N) is 2. The molecule has 1 aromatic heterocycles. The highest BCUT2D eigenvalue weighted by Crippen LogP contribution is 2.19. The van der Waals surface area contributed by atoms with Gasteiger partial charge in [0.2, 0.25) is 5.91 Å². The van der Waals surface area contributed by atoms with Crippen molar-refractivity contribution in [3.8, 4) is 0 Å². The van der Waals surface area contributed by atoms with Gasteiger partial charge in [-0.15, -0.1) is 12.4 Å². The van der Waals surface area contributed by atoms with Gasteiger partial charge in [0.1, 0.15) is 5.82 Å². The molecule has 102 valence electrons. The van der Waals surface area contributed by atoms with E-state index in [-0.39, 0.29) is 18.3 Å². The molecule has 0 unspecified atom stereocenters. The van der Waals surface area contributed by atoms with Crippen LogP contribution in [0.15, 0.2) is 18.3 Å². The summed E-state index contributed by atoms with van der Waals surface area (Å²) in [6.07, 6.45) is 4.06. The Morgan fingerprint density at radius 3 is 2.95 bits per heavy atom. The minimum absolute atomic E-state index is 0. The third kappa shape index (κ3) is 4.04. The predicted octanol–water partition coefficient (Wildman–Crippen LogP) is 0.985. The highest BCUT2D eigenvalue weighted by atomic mass is 35.5. The van der Waals surface area contributed by atoms with Crippen molar-refractivity contribution in [2.75, 3.05) is 18.9 Å². The van der Waals surface area contributed by atoms with E-state index in [1.165, 1.54) is 12.3 Å². The van der Waals surface area contributed by atoms with Crippen molar-refractivity contribution in [3.05, 3.63) is 29.5 Å². The summed E-state index contributed by atoms with van der Waals surface area (Å²) >= 11 is 0. The molecule has 1 aromatic rings. The number of aliphatic carboxylic acids is 1. The van der Waals surface area contributed by atoms with Crippen LogP contribution in [0.25, 0.3) is 6.08 Å². The third-order valence-electron chi connectivity index (χ3n) is 2.52. The maximum atomic E-state index is 11.5. The van der Waals surface area contributed by atoms with Crippen LogP contribution in [0.4, 0.5) is 5.82 Å². The molecule has 0 saturated heterocycles. The summed E-state index contributed by atoms with van der Waals surface area (Å²) in [6.45, 7) is 0.909. The quantitative estimate of drug-likeness (QED) is 0.791. The van der Waals surface area contributed by atoms with Crippen molar-refractivity contribution >= 4 is 36.2 Å². The average molecular weight is 284 g/mol. The summed E-state index contributed by atoms with van der Waals surface area (Å²) in [7, 11) is 1.84. The molecule has 2 rings (SSSR count). The fraction of sp³-hybridized carbons (Fsp3) is 0.250. The number of carboxylic acids is 1. The minimum Gasteiger partial charge on any atom is -0.478 e. The molecule has 0 saturated carbocycles. The zero-order valence-electron chi connectivity index (χ0n) is 10.3. The highest BCUT2D eigenvalue weighted by molar-refractivity contribution is 5.93. The number of fused-ring (bicyclic) bond motifs is 1. The first kappa shape index (κ1) is 15.1. The monoisotopic (exact) mass is 283 g/mol. The number of hydrogen-bond donors (Lipinski definition) is 2. The summed E-state index contributed by atoms with van der Waals surface area (Å²) in [5, 5.41) is 11.3. The molecule has 0 spiro atoms. The first-order valence-electron chi connectivity index (χ1n) is 5.43. The van der Waals surface area contributed by atoms with E-state index in [1.807, 2.05) is 18.0 Å². The van der Waals surface area contributed by atoms with Crippen LogP contribution < -0.4 is 5.32 Å². The Morgan fingerprint density at radius 1 is 1.53 bits per heavy atom. The second-order valence-electron chi connectivity index (χ2n) is 4.17. The van der Waals surface area contributed by atoms with E-state index in [9.17, 15) is 9.59 Å². The molecule has 1 amide bonds. The first-order chi connectivity index (χ1) is 8.54. The van der Waals surface area contributed by atoms with Gasteiger partial charge in [-0.25, -0.2) is 9.78 Å². The van der Waals surface area contributed by atoms with Gasteiger partial charge in [0.05, 0.1) is 6.54 Å². The smallest absolute Gasteiger partial charge is 0.328 e. The van der Waals surface area contributed by atoms with Gasteiger partial charge in [-0.3, -0.25) is 9.69 Å². The predicted molar refractivity (Wildman–Crippen MR) is 73.1 cm³/mol. The van der Waals surface area contributed by atoms with Crippen molar-refractivity contribution in [2.45, 2.75) is 6.54 Å². The average Bonchev–Trinajstić information content (AvgIpc) is 2.42. The van der Waals surface area contributed by atoms with Crippen LogP contribution in [0, 0.1) is 0 Å². The van der Waals surface area contributed by atoms with Crippen LogP contribution in [0.2, 0.25) is 0 Å². The van der Waals surface area contributed by atoms with Crippen LogP contribution in [-0.2, 0) is 16.1 Å². The van der Waals surface area contributed by atoms with Gasteiger partial charge >= 0.3 is 5.97 Å². The van der Waals surface area contributed by atoms with Gasteiger partial charge in [0, 0.05) is 24.4 Å². The van der Waals surface area contributed by atoms with E-state index >= 15 is 0 Å². The Hall–Kier alpha value is -1.92. The second-order valence-corrected chi connectivity index (χ2v) is 4.17. The molecule has 0 bridgehead atoms. The summed E-state index contributed by atoms with van der Waals surface area (Å²) in [5.41, 5.74) is 1.57. The van der Waals surface area contributed by atoms with Crippen LogP contribution in [0.3, 0.4) is 0 Å². The molecule has 0 radical (unpaired) electrons. The number of carbonyl (C=O) groups is 2. The number of likely N-dealkylation sites (N-methyl/N-ethyl adjacent to an activating group) is 1. The van der Waals surface area contributed by atoms with E-state index < -0.39 is 5.97 Å².